The van der Waals surface area contributed by atoms with Crippen molar-refractivity contribution >= 4 is 0 Å². The highest BCUT2D eigenvalue weighted by molar-refractivity contribution is 4.94. The van der Waals surface area contributed by atoms with Crippen LogP contribution in [0.4, 0.5) is 13.2 Å². The number of aryl methyl sites for hydroxylation is 1. The van der Waals surface area contributed by atoms with E-state index in [2.05, 4.69) is 10.3 Å². The van der Waals surface area contributed by atoms with E-state index in [1.807, 2.05) is 6.92 Å². The SMILES string of the molecule is CCc1cnc(CNC2CCCCC2C(F)(F)F)o1. The van der Waals surface area contributed by atoms with Gasteiger partial charge in [0.25, 0.3) is 0 Å². The van der Waals surface area contributed by atoms with E-state index in [4.69, 9.17) is 4.42 Å². The molecule has 2 unspecified atom stereocenters. The lowest BCUT2D eigenvalue weighted by atomic mass is 9.84. The Morgan fingerprint density at radius 3 is 2.74 bits per heavy atom. The van der Waals surface area contributed by atoms with Gasteiger partial charge in [-0.15, -0.1) is 0 Å². The first-order chi connectivity index (χ1) is 9.00. The van der Waals surface area contributed by atoms with Gasteiger partial charge in [0.15, 0.2) is 0 Å². The van der Waals surface area contributed by atoms with E-state index in [-0.39, 0.29) is 13.0 Å². The van der Waals surface area contributed by atoms with E-state index in [1.54, 1.807) is 6.20 Å². The van der Waals surface area contributed by atoms with Crippen LogP contribution >= 0.6 is 0 Å². The molecule has 1 saturated carbocycles. The molecule has 108 valence electrons. The monoisotopic (exact) mass is 276 g/mol. The Kier molecular flexibility index (Phi) is 4.50. The molecule has 0 saturated heterocycles. The molecule has 0 amide bonds. The van der Waals surface area contributed by atoms with E-state index in [0.29, 0.717) is 18.7 Å². The van der Waals surface area contributed by atoms with Crippen LogP contribution in [0.15, 0.2) is 10.6 Å². The van der Waals surface area contributed by atoms with Crippen molar-refractivity contribution in [2.24, 2.45) is 5.92 Å². The molecule has 0 aromatic carbocycles. The van der Waals surface area contributed by atoms with E-state index in [9.17, 15) is 13.2 Å². The zero-order valence-corrected chi connectivity index (χ0v) is 11.0. The van der Waals surface area contributed by atoms with Gasteiger partial charge in [0.2, 0.25) is 5.89 Å². The lowest BCUT2D eigenvalue weighted by Gasteiger charge is -2.33. The predicted octanol–water partition coefficient (Wildman–Crippen LogP) is 3.45. The molecule has 1 heterocycles. The average molecular weight is 276 g/mol. The van der Waals surface area contributed by atoms with Crippen molar-refractivity contribution in [1.29, 1.82) is 0 Å². The van der Waals surface area contributed by atoms with Crippen LogP contribution in [-0.2, 0) is 13.0 Å². The fourth-order valence-corrected chi connectivity index (χ4v) is 2.58. The minimum atomic E-state index is -4.12. The van der Waals surface area contributed by atoms with E-state index < -0.39 is 18.1 Å². The number of nitrogens with one attached hydrogen (secondary N) is 1. The molecular weight excluding hydrogens is 257 g/mol. The van der Waals surface area contributed by atoms with Crippen LogP contribution < -0.4 is 5.32 Å². The Bertz CT molecular complexity index is 403. The van der Waals surface area contributed by atoms with Crippen molar-refractivity contribution in [3.63, 3.8) is 0 Å². The van der Waals surface area contributed by atoms with E-state index in [1.165, 1.54) is 0 Å². The van der Waals surface area contributed by atoms with E-state index >= 15 is 0 Å². The molecule has 0 bridgehead atoms. The maximum Gasteiger partial charge on any atom is 0.393 e. The van der Waals surface area contributed by atoms with Crippen molar-refractivity contribution in [3.8, 4) is 0 Å². The number of hydrogen-bond acceptors (Lipinski definition) is 3. The molecule has 0 aliphatic heterocycles. The first-order valence-corrected chi connectivity index (χ1v) is 6.74. The van der Waals surface area contributed by atoms with Crippen LogP contribution in [0.3, 0.4) is 0 Å². The predicted molar refractivity (Wildman–Crippen MR) is 64.5 cm³/mol. The summed E-state index contributed by atoms with van der Waals surface area (Å²) in [5.41, 5.74) is 0. The highest BCUT2D eigenvalue weighted by Crippen LogP contribution is 2.37. The Morgan fingerprint density at radius 1 is 1.37 bits per heavy atom. The number of oxazole rings is 1. The van der Waals surface area contributed by atoms with Crippen LogP contribution in [0.5, 0.6) is 0 Å². The van der Waals surface area contributed by atoms with Gasteiger partial charge in [0.1, 0.15) is 5.76 Å². The molecule has 1 N–H and O–H groups in total. The molecule has 6 heteroatoms. The van der Waals surface area contributed by atoms with Crippen molar-refractivity contribution in [2.75, 3.05) is 0 Å². The first kappa shape index (κ1) is 14.4. The van der Waals surface area contributed by atoms with Crippen molar-refractivity contribution in [3.05, 3.63) is 17.8 Å². The summed E-state index contributed by atoms with van der Waals surface area (Å²) in [6, 6.07) is -0.522. The van der Waals surface area contributed by atoms with Gasteiger partial charge < -0.3 is 9.73 Å². The Morgan fingerprint density at radius 2 is 2.11 bits per heavy atom. The number of nitrogens with zero attached hydrogens (tertiary/aromatic N) is 1. The number of rotatable bonds is 4. The van der Waals surface area contributed by atoms with Gasteiger partial charge in [0, 0.05) is 12.5 Å². The number of alkyl halides is 3. The molecule has 0 radical (unpaired) electrons. The Balaban J connectivity index is 1.92. The molecule has 1 aliphatic carbocycles. The third-order valence-corrected chi connectivity index (χ3v) is 3.65. The van der Waals surface area contributed by atoms with Crippen molar-refractivity contribution in [1.82, 2.24) is 10.3 Å². The summed E-state index contributed by atoms with van der Waals surface area (Å²) in [4.78, 5) is 4.05. The normalized spacial score (nSPS) is 24.6. The largest absolute Gasteiger partial charge is 0.444 e. The maximum absolute atomic E-state index is 12.9. The van der Waals surface area contributed by atoms with Gasteiger partial charge in [-0.2, -0.15) is 13.2 Å². The maximum atomic E-state index is 12.9. The lowest BCUT2D eigenvalue weighted by molar-refractivity contribution is -0.189. The summed E-state index contributed by atoms with van der Waals surface area (Å²) in [6.45, 7) is 2.20. The minimum Gasteiger partial charge on any atom is -0.444 e. The molecule has 3 nitrogen and oxygen atoms in total. The van der Waals surface area contributed by atoms with Crippen LogP contribution in [0.2, 0.25) is 0 Å². The molecule has 1 aromatic heterocycles. The minimum absolute atomic E-state index is 0.215. The fraction of sp³-hybridized carbons (Fsp3) is 0.769. The quantitative estimate of drug-likeness (QED) is 0.915. The van der Waals surface area contributed by atoms with Crippen LogP contribution in [0.25, 0.3) is 0 Å². The van der Waals surface area contributed by atoms with E-state index in [0.717, 1.165) is 18.6 Å². The first-order valence-electron chi connectivity index (χ1n) is 6.74. The second-order valence-electron chi connectivity index (χ2n) is 4.99. The molecule has 1 aliphatic rings. The van der Waals surface area contributed by atoms with Crippen molar-refractivity contribution in [2.45, 2.75) is 57.8 Å². The topological polar surface area (TPSA) is 38.1 Å². The van der Waals surface area contributed by atoms with Gasteiger partial charge >= 0.3 is 6.18 Å². The highest BCUT2D eigenvalue weighted by atomic mass is 19.4. The zero-order valence-electron chi connectivity index (χ0n) is 11.0. The van der Waals surface area contributed by atoms with Gasteiger partial charge in [-0.1, -0.05) is 19.8 Å². The third kappa shape index (κ3) is 3.72. The number of hydrogen-bond donors (Lipinski definition) is 1. The molecule has 19 heavy (non-hydrogen) atoms. The summed E-state index contributed by atoms with van der Waals surface area (Å²) in [7, 11) is 0. The summed E-state index contributed by atoms with van der Waals surface area (Å²) < 4.78 is 44.1. The van der Waals surface area contributed by atoms with Crippen LogP contribution in [0.1, 0.15) is 44.3 Å². The van der Waals surface area contributed by atoms with Gasteiger partial charge in [0.05, 0.1) is 18.7 Å². The molecular formula is C13H19F3N2O. The molecule has 1 aromatic rings. The number of halogens is 3. The second-order valence-corrected chi connectivity index (χ2v) is 4.99. The summed E-state index contributed by atoms with van der Waals surface area (Å²) in [5, 5.41) is 2.96. The molecule has 0 spiro atoms. The average Bonchev–Trinajstić information content (AvgIpc) is 2.83. The molecule has 2 rings (SSSR count). The molecule has 2 atom stereocenters. The Labute approximate surface area is 110 Å². The lowest BCUT2D eigenvalue weighted by Crippen LogP contribution is -2.45. The van der Waals surface area contributed by atoms with Gasteiger partial charge in [-0.25, -0.2) is 4.98 Å². The van der Waals surface area contributed by atoms with Crippen LogP contribution in [-0.4, -0.2) is 17.2 Å². The zero-order chi connectivity index (χ0) is 13.9. The highest BCUT2D eigenvalue weighted by Gasteiger charge is 2.45. The Hall–Kier alpha value is -1.04. The van der Waals surface area contributed by atoms with Crippen molar-refractivity contribution < 1.29 is 17.6 Å². The van der Waals surface area contributed by atoms with Gasteiger partial charge in [-0.05, 0) is 12.8 Å². The summed E-state index contributed by atoms with van der Waals surface area (Å²) >= 11 is 0. The second kappa shape index (κ2) is 5.94. The van der Waals surface area contributed by atoms with Crippen LogP contribution in [0, 0.1) is 5.92 Å². The fourth-order valence-electron chi connectivity index (χ4n) is 2.58. The standard InChI is InChI=1S/C13H19F3N2O/c1-2-9-7-18-12(19-9)8-17-11-6-4-3-5-10(11)13(14,15)16/h7,10-11,17H,2-6,8H2,1H3. The third-order valence-electron chi connectivity index (χ3n) is 3.65. The number of aromatic nitrogens is 1. The summed E-state index contributed by atoms with van der Waals surface area (Å²) in [5.74, 6) is -0.0296. The molecule has 1 fully saturated rings. The smallest absolute Gasteiger partial charge is 0.393 e. The summed E-state index contributed by atoms with van der Waals surface area (Å²) in [6.07, 6.45) is 0.514. The van der Waals surface area contributed by atoms with Gasteiger partial charge in [-0.3, -0.25) is 0 Å².